The van der Waals surface area contributed by atoms with Crippen molar-refractivity contribution in [2.24, 2.45) is 22.5 Å². The van der Waals surface area contributed by atoms with Crippen LogP contribution < -0.4 is 33.5 Å². The molecule has 0 radical (unpaired) electrons. The quantitative estimate of drug-likeness (QED) is 0.0206. The third-order valence-electron chi connectivity index (χ3n) is 8.62. The van der Waals surface area contributed by atoms with Gasteiger partial charge in [-0.05, 0) is 68.8 Å². The molecule has 0 amide bonds. The number of nitrogens with zero attached hydrogens (tertiary/aromatic N) is 5. The zero-order valence-electron chi connectivity index (χ0n) is 30.5. The lowest BCUT2D eigenvalue weighted by Crippen LogP contribution is -2.46. The van der Waals surface area contributed by atoms with E-state index in [1.54, 1.807) is 6.33 Å². The van der Waals surface area contributed by atoms with E-state index in [1.807, 2.05) is 24.3 Å². The number of pyridine rings is 1. The van der Waals surface area contributed by atoms with E-state index >= 15 is 0 Å². The molecule has 16 heteroatoms. The van der Waals surface area contributed by atoms with Crippen LogP contribution in [0.5, 0.6) is 0 Å². The normalized spacial score (nSPS) is 13.6. The minimum absolute atomic E-state index is 0.304. The van der Waals surface area contributed by atoms with Crippen molar-refractivity contribution in [3.8, 4) is 0 Å². The van der Waals surface area contributed by atoms with Gasteiger partial charge in [-0.2, -0.15) is 5.10 Å². The predicted molar refractivity (Wildman–Crippen MR) is 204 cm³/mol. The first-order chi connectivity index (χ1) is 25.7. The van der Waals surface area contributed by atoms with Crippen molar-refractivity contribution in [1.82, 2.24) is 25.3 Å². The van der Waals surface area contributed by atoms with Gasteiger partial charge in [0.25, 0.3) is 0 Å². The standard InChI is InChI=1S/C36H59N11O5/c37-13-18-48-20-22-50-24-26-52-27-25-51-23-21-49-19-17-47(15-4-3-7-30-11-10-29-6-5-14-40-34(29)43-30)16-12-33(36(45-38)46-39)44-35-31-8-1-2-9-32(31)41-28-42-35/h1-2,8-11,28,33H,3-7,12-27,37-39H2,(H,40,43)(H,45,46)(H,41,42,44). The molecule has 1 aliphatic rings. The molecule has 16 nitrogen and oxygen atoms in total. The Morgan fingerprint density at radius 3 is 2.27 bits per heavy atom. The van der Waals surface area contributed by atoms with Crippen molar-refractivity contribution in [3.05, 3.63) is 54.0 Å². The Labute approximate surface area is 307 Å². The molecule has 0 saturated carbocycles. The average Bonchev–Trinajstić information content (AvgIpc) is 3.18. The molecule has 1 unspecified atom stereocenters. The Balaban J connectivity index is 1.21. The topological polar surface area (TPSA) is 215 Å². The number of nitrogens with two attached hydrogens (primary N) is 3. The molecular weight excluding hydrogens is 666 g/mol. The highest BCUT2D eigenvalue weighted by Gasteiger charge is 2.19. The minimum Gasteiger partial charge on any atom is -0.378 e. The Hall–Kier alpha value is -3.74. The molecule has 4 rings (SSSR count). The highest BCUT2D eigenvalue weighted by atomic mass is 16.6. The summed E-state index contributed by atoms with van der Waals surface area (Å²) in [5, 5.41) is 11.8. The molecule has 3 heterocycles. The van der Waals surface area contributed by atoms with Gasteiger partial charge in [-0.15, -0.1) is 0 Å². The van der Waals surface area contributed by atoms with Gasteiger partial charge in [0.05, 0.1) is 77.6 Å². The summed E-state index contributed by atoms with van der Waals surface area (Å²) in [6.07, 6.45) is 7.45. The maximum absolute atomic E-state index is 5.96. The van der Waals surface area contributed by atoms with Gasteiger partial charge in [0.2, 0.25) is 0 Å². The largest absolute Gasteiger partial charge is 0.378 e. The number of hydrazine groups is 1. The minimum atomic E-state index is -0.304. The molecule has 52 heavy (non-hydrogen) atoms. The molecule has 9 N–H and O–H groups in total. The number of aryl methyl sites for hydroxylation is 2. The van der Waals surface area contributed by atoms with Crippen molar-refractivity contribution in [2.45, 2.75) is 44.6 Å². The lowest BCUT2D eigenvalue weighted by Gasteiger charge is -2.26. The number of hydrogen-bond acceptors (Lipinski definition) is 15. The number of rotatable bonds is 28. The second-order valence-corrected chi connectivity index (χ2v) is 12.4. The fraction of sp³-hybridized carbons (Fsp3) is 0.611. The van der Waals surface area contributed by atoms with E-state index in [0.717, 1.165) is 80.7 Å². The molecule has 0 aliphatic carbocycles. The molecule has 0 saturated heterocycles. The molecule has 1 aliphatic heterocycles. The third-order valence-corrected chi connectivity index (χ3v) is 8.62. The number of benzene rings is 1. The summed E-state index contributed by atoms with van der Waals surface area (Å²) in [5.74, 6) is 13.8. The third kappa shape index (κ3) is 15.1. The van der Waals surface area contributed by atoms with Crippen molar-refractivity contribution >= 4 is 28.4 Å². The van der Waals surface area contributed by atoms with Crippen molar-refractivity contribution in [3.63, 3.8) is 0 Å². The first kappa shape index (κ1) is 41.0. The fourth-order valence-corrected chi connectivity index (χ4v) is 5.85. The summed E-state index contributed by atoms with van der Waals surface area (Å²) >= 11 is 0. The van der Waals surface area contributed by atoms with E-state index in [2.05, 4.69) is 48.2 Å². The van der Waals surface area contributed by atoms with Gasteiger partial charge in [0.1, 0.15) is 18.0 Å². The van der Waals surface area contributed by atoms with Crippen LogP contribution in [0.15, 0.2) is 47.8 Å². The number of hydrazone groups is 1. The van der Waals surface area contributed by atoms with E-state index in [0.29, 0.717) is 90.7 Å². The molecule has 0 bridgehead atoms. The number of unbranched alkanes of at least 4 members (excludes halogenated alkanes) is 1. The number of aromatic nitrogens is 3. The molecule has 288 valence electrons. The maximum atomic E-state index is 5.96. The first-order valence-corrected chi connectivity index (χ1v) is 18.5. The molecule has 2 aromatic heterocycles. The second kappa shape index (κ2) is 25.3. The van der Waals surface area contributed by atoms with Gasteiger partial charge in [-0.25, -0.2) is 20.8 Å². The zero-order valence-corrected chi connectivity index (χ0v) is 30.5. The van der Waals surface area contributed by atoms with Gasteiger partial charge in [-0.3, -0.25) is 0 Å². The van der Waals surface area contributed by atoms with E-state index in [1.165, 1.54) is 5.56 Å². The average molecular weight is 726 g/mol. The van der Waals surface area contributed by atoms with Gasteiger partial charge >= 0.3 is 0 Å². The summed E-state index contributed by atoms with van der Waals surface area (Å²) in [7, 11) is 0. The highest BCUT2D eigenvalue weighted by molar-refractivity contribution is 5.93. The SMILES string of the molecule is NCCOCCOCCOCCOCCOCCN(CCCCc1ccc2c(n1)NCCC2)CCC(Nc1ncnc2ccccc12)/C(=N/N)NN. The first-order valence-electron chi connectivity index (χ1n) is 18.5. The van der Waals surface area contributed by atoms with Crippen LogP contribution in [0.4, 0.5) is 11.6 Å². The second-order valence-electron chi connectivity index (χ2n) is 12.4. The fourth-order valence-electron chi connectivity index (χ4n) is 5.85. The van der Waals surface area contributed by atoms with Crippen LogP contribution in [-0.2, 0) is 36.5 Å². The van der Waals surface area contributed by atoms with Gasteiger partial charge < -0.3 is 56.2 Å². The van der Waals surface area contributed by atoms with Crippen LogP contribution in [0.2, 0.25) is 0 Å². The zero-order chi connectivity index (χ0) is 36.5. The molecule has 0 fully saturated rings. The summed E-state index contributed by atoms with van der Waals surface area (Å²) in [6.45, 7) is 9.16. The molecule has 1 aromatic carbocycles. The Morgan fingerprint density at radius 1 is 0.846 bits per heavy atom. The Bertz CT molecular complexity index is 1430. The van der Waals surface area contributed by atoms with Crippen LogP contribution >= 0.6 is 0 Å². The Morgan fingerprint density at radius 2 is 1.56 bits per heavy atom. The number of ether oxygens (including phenoxy) is 5. The highest BCUT2D eigenvalue weighted by Crippen LogP contribution is 2.21. The number of hydrogen-bond donors (Lipinski definition) is 6. The lowest BCUT2D eigenvalue weighted by atomic mass is 10.1. The number of amidine groups is 1. The lowest BCUT2D eigenvalue weighted by molar-refractivity contribution is -0.0118. The number of anilines is 2. The van der Waals surface area contributed by atoms with Crippen LogP contribution in [0, 0.1) is 0 Å². The van der Waals surface area contributed by atoms with Crippen molar-refractivity contribution in [2.75, 3.05) is 109 Å². The summed E-state index contributed by atoms with van der Waals surface area (Å²) < 4.78 is 27.9. The number of para-hydroxylation sites is 1. The molecular formula is C36H59N11O5. The van der Waals surface area contributed by atoms with Crippen molar-refractivity contribution < 1.29 is 23.7 Å². The van der Waals surface area contributed by atoms with Crippen LogP contribution in [0.3, 0.4) is 0 Å². The number of fused-ring (bicyclic) bond motifs is 2. The van der Waals surface area contributed by atoms with Crippen LogP contribution in [0.25, 0.3) is 10.9 Å². The smallest absolute Gasteiger partial charge is 0.158 e. The van der Waals surface area contributed by atoms with Gasteiger partial charge in [0, 0.05) is 37.3 Å². The van der Waals surface area contributed by atoms with Crippen LogP contribution in [-0.4, -0.2) is 131 Å². The van der Waals surface area contributed by atoms with Gasteiger partial charge in [-0.1, -0.05) is 18.2 Å². The predicted octanol–water partition coefficient (Wildman–Crippen LogP) is 1.66. The molecule has 1 atom stereocenters. The molecule has 0 spiro atoms. The maximum Gasteiger partial charge on any atom is 0.158 e. The summed E-state index contributed by atoms with van der Waals surface area (Å²) in [5.41, 5.74) is 11.3. The molecule has 3 aromatic rings. The van der Waals surface area contributed by atoms with Crippen LogP contribution in [0.1, 0.15) is 36.9 Å². The number of nitrogens with one attached hydrogen (secondary N) is 3. The monoisotopic (exact) mass is 725 g/mol. The van der Waals surface area contributed by atoms with Gasteiger partial charge in [0.15, 0.2) is 5.84 Å². The van der Waals surface area contributed by atoms with E-state index in [4.69, 9.17) is 46.1 Å². The van der Waals surface area contributed by atoms with E-state index in [-0.39, 0.29) is 6.04 Å². The Kier molecular flexibility index (Phi) is 19.9. The summed E-state index contributed by atoms with van der Waals surface area (Å²) in [4.78, 5) is 16.2. The van der Waals surface area contributed by atoms with E-state index < -0.39 is 0 Å². The van der Waals surface area contributed by atoms with Crippen molar-refractivity contribution in [1.29, 1.82) is 0 Å². The van der Waals surface area contributed by atoms with E-state index in [9.17, 15) is 0 Å². The summed E-state index contributed by atoms with van der Waals surface area (Å²) in [6, 6.07) is 11.9.